The largest absolute Gasteiger partial charge is 0.309 e. The second-order valence-electron chi connectivity index (χ2n) is 15.6. The quantitative estimate of drug-likeness (QED) is 0.174. The zero-order chi connectivity index (χ0) is 40.0. The van der Waals surface area contributed by atoms with Crippen LogP contribution in [0, 0.1) is 0 Å². The summed E-state index contributed by atoms with van der Waals surface area (Å²) in [5.74, 6) is 1.93. The van der Waals surface area contributed by atoms with Gasteiger partial charge in [0.25, 0.3) is 0 Å². The van der Waals surface area contributed by atoms with Crippen molar-refractivity contribution in [2.24, 2.45) is 0 Å². The number of hydrogen-bond acceptors (Lipinski definition) is 4. The first kappa shape index (κ1) is 34.0. The normalized spacial score (nSPS) is 11.9. The molecular weight excluding hydrogens is 763 g/mol. The Morgan fingerprint density at radius 3 is 1.69 bits per heavy atom. The van der Waals surface area contributed by atoms with Crippen LogP contribution in [0.2, 0.25) is 0 Å². The van der Waals surface area contributed by atoms with Crippen molar-refractivity contribution in [2.45, 2.75) is 0 Å². The molecule has 13 rings (SSSR count). The Balaban J connectivity index is 1.00. The van der Waals surface area contributed by atoms with Crippen LogP contribution in [0.15, 0.2) is 200 Å². The topological polar surface area (TPSA) is 48.5 Å². The van der Waals surface area contributed by atoms with E-state index in [9.17, 15) is 0 Å². The number of aromatic nitrogens is 5. The molecule has 0 bridgehead atoms. The lowest BCUT2D eigenvalue weighted by atomic mass is 10.1. The third-order valence-corrected chi connectivity index (χ3v) is 13.3. The number of nitrogens with zero attached hydrogens (tertiary/aromatic N) is 5. The first-order chi connectivity index (χ1) is 30.2. The minimum atomic E-state index is 0.634. The van der Waals surface area contributed by atoms with Crippen LogP contribution >= 0.6 is 11.3 Å². The van der Waals surface area contributed by atoms with Crippen molar-refractivity contribution in [3.05, 3.63) is 200 Å². The Hall–Kier alpha value is -7.93. The molecule has 0 fully saturated rings. The fraction of sp³-hybridized carbons (Fsp3) is 0. The van der Waals surface area contributed by atoms with Crippen LogP contribution < -0.4 is 0 Å². The van der Waals surface area contributed by atoms with E-state index in [1.54, 1.807) is 11.3 Å². The highest BCUT2D eigenvalue weighted by molar-refractivity contribution is 7.26. The Morgan fingerprint density at radius 2 is 0.902 bits per heavy atom. The molecule has 4 heterocycles. The second-order valence-corrected chi connectivity index (χ2v) is 16.7. The molecule has 0 saturated heterocycles. The van der Waals surface area contributed by atoms with E-state index in [2.05, 4.69) is 191 Å². The maximum atomic E-state index is 5.31. The highest BCUT2D eigenvalue weighted by Gasteiger charge is 2.20. The van der Waals surface area contributed by atoms with E-state index < -0.39 is 0 Å². The lowest BCUT2D eigenvalue weighted by Gasteiger charge is -2.10. The van der Waals surface area contributed by atoms with Gasteiger partial charge in [-0.05, 0) is 71.4 Å². The predicted molar refractivity (Wildman–Crippen MR) is 255 cm³/mol. The molecular formula is C55H33N5S. The van der Waals surface area contributed by atoms with Gasteiger partial charge in [-0.15, -0.1) is 11.3 Å². The van der Waals surface area contributed by atoms with Crippen molar-refractivity contribution in [3.63, 3.8) is 0 Å². The number of fused-ring (bicyclic) bond motifs is 10. The molecule has 0 unspecified atom stereocenters. The first-order valence-electron chi connectivity index (χ1n) is 20.5. The van der Waals surface area contributed by atoms with Crippen LogP contribution in [0.25, 0.3) is 120 Å². The molecule has 5 nitrogen and oxygen atoms in total. The molecule has 0 radical (unpaired) electrons. The van der Waals surface area contributed by atoms with Gasteiger partial charge >= 0.3 is 0 Å². The first-order valence-corrected chi connectivity index (χ1v) is 21.3. The summed E-state index contributed by atoms with van der Waals surface area (Å²) in [4.78, 5) is 15.7. The molecule has 284 valence electrons. The van der Waals surface area contributed by atoms with E-state index in [0.29, 0.717) is 17.5 Å². The third kappa shape index (κ3) is 5.29. The molecule has 0 saturated carbocycles. The van der Waals surface area contributed by atoms with Crippen molar-refractivity contribution >= 4 is 85.9 Å². The van der Waals surface area contributed by atoms with E-state index in [1.165, 1.54) is 58.8 Å². The molecule has 61 heavy (non-hydrogen) atoms. The van der Waals surface area contributed by atoms with Gasteiger partial charge in [0.05, 0.1) is 22.1 Å². The fourth-order valence-electron chi connectivity index (χ4n) is 9.34. The highest BCUT2D eigenvalue weighted by Crippen LogP contribution is 2.42. The summed E-state index contributed by atoms with van der Waals surface area (Å²) in [5.41, 5.74) is 9.78. The van der Waals surface area contributed by atoms with Gasteiger partial charge in [-0.3, -0.25) is 0 Å². The summed E-state index contributed by atoms with van der Waals surface area (Å²) in [6.45, 7) is 0. The molecule has 9 aromatic carbocycles. The molecule has 4 aromatic heterocycles. The number of thiophene rings is 1. The molecule has 0 atom stereocenters. The fourth-order valence-corrected chi connectivity index (χ4v) is 10.6. The minimum absolute atomic E-state index is 0.634. The van der Waals surface area contributed by atoms with Gasteiger partial charge in [-0.25, -0.2) is 15.0 Å². The summed E-state index contributed by atoms with van der Waals surface area (Å²) in [5, 5.41) is 9.79. The number of hydrogen-bond donors (Lipinski definition) is 0. The van der Waals surface area contributed by atoms with E-state index in [0.717, 1.165) is 43.8 Å². The molecule has 13 aromatic rings. The Bertz CT molecular complexity index is 3880. The van der Waals surface area contributed by atoms with Crippen LogP contribution in [-0.4, -0.2) is 24.1 Å². The smallest absolute Gasteiger partial charge is 0.165 e. The Labute approximate surface area is 354 Å². The van der Waals surface area contributed by atoms with Gasteiger partial charge in [-0.2, -0.15) is 0 Å². The van der Waals surface area contributed by atoms with E-state index >= 15 is 0 Å². The van der Waals surface area contributed by atoms with Crippen molar-refractivity contribution in [3.8, 4) is 45.5 Å². The molecule has 6 heteroatoms. The minimum Gasteiger partial charge on any atom is -0.309 e. The zero-order valence-corrected chi connectivity index (χ0v) is 33.5. The van der Waals surface area contributed by atoms with Crippen LogP contribution in [0.3, 0.4) is 0 Å². The van der Waals surface area contributed by atoms with Crippen molar-refractivity contribution in [1.29, 1.82) is 0 Å². The average molecular weight is 796 g/mol. The summed E-state index contributed by atoms with van der Waals surface area (Å²) in [7, 11) is 0. The SMILES string of the molecule is c1ccc(-c2nc(-c3ccc4c5ccccc5n(-c5ccccc5)c4c3)nc(-c3cccc4c3sc3cc(-n5c6ccccc6c6cc7ccccc7cc65)ccc34)n2)cc1. The van der Waals surface area contributed by atoms with E-state index in [-0.39, 0.29) is 0 Å². The molecule has 0 aliphatic rings. The number of benzene rings is 9. The Morgan fingerprint density at radius 1 is 0.328 bits per heavy atom. The zero-order valence-electron chi connectivity index (χ0n) is 32.7. The maximum absolute atomic E-state index is 5.31. The standard InChI is InChI=1S/C55H33N5S/c1-3-14-34(15-4-1)53-56-54(37-26-28-42-40-20-9-11-24-47(40)59(49(42)32-37)38-18-5-2-6-19-38)58-55(57-53)45-23-13-22-44-43-29-27-39(33-51(43)61-52(44)45)60-48-25-12-10-21-41(48)46-30-35-16-7-8-17-36(35)31-50(46)60/h1-33H. The monoisotopic (exact) mass is 795 g/mol. The van der Waals surface area contributed by atoms with Crippen molar-refractivity contribution in [1.82, 2.24) is 24.1 Å². The third-order valence-electron chi connectivity index (χ3n) is 12.1. The lowest BCUT2D eigenvalue weighted by molar-refractivity contribution is 1.08. The van der Waals surface area contributed by atoms with Gasteiger partial charge in [0.2, 0.25) is 0 Å². The number of para-hydroxylation sites is 3. The summed E-state index contributed by atoms with van der Waals surface area (Å²) in [6, 6.07) is 71.4. The van der Waals surface area contributed by atoms with Crippen LogP contribution in [0.4, 0.5) is 0 Å². The van der Waals surface area contributed by atoms with E-state index in [1.807, 2.05) is 18.2 Å². The molecule has 0 amide bonds. The van der Waals surface area contributed by atoms with Crippen molar-refractivity contribution < 1.29 is 0 Å². The summed E-state index contributed by atoms with van der Waals surface area (Å²) < 4.78 is 7.12. The molecule has 0 N–H and O–H groups in total. The molecule has 0 aliphatic carbocycles. The van der Waals surface area contributed by atoms with Gasteiger partial charge in [-0.1, -0.05) is 140 Å². The number of rotatable bonds is 5. The predicted octanol–water partition coefficient (Wildman–Crippen LogP) is 14.6. The summed E-state index contributed by atoms with van der Waals surface area (Å²) >= 11 is 1.80. The van der Waals surface area contributed by atoms with Crippen molar-refractivity contribution in [2.75, 3.05) is 0 Å². The van der Waals surface area contributed by atoms with Gasteiger partial charge in [0.1, 0.15) is 0 Å². The Kier molecular flexibility index (Phi) is 7.41. The average Bonchev–Trinajstić information content (AvgIpc) is 3.98. The van der Waals surface area contributed by atoms with Gasteiger partial charge in [0.15, 0.2) is 17.5 Å². The van der Waals surface area contributed by atoms with Gasteiger partial charge in [0, 0.05) is 69.8 Å². The van der Waals surface area contributed by atoms with Crippen LogP contribution in [-0.2, 0) is 0 Å². The maximum Gasteiger partial charge on any atom is 0.165 e. The second kappa shape index (κ2) is 13.3. The molecule has 0 aliphatic heterocycles. The van der Waals surface area contributed by atoms with Crippen LogP contribution in [0.1, 0.15) is 0 Å². The van der Waals surface area contributed by atoms with E-state index in [4.69, 9.17) is 15.0 Å². The van der Waals surface area contributed by atoms with Gasteiger partial charge < -0.3 is 9.13 Å². The lowest BCUT2D eigenvalue weighted by Crippen LogP contribution is -2.00. The van der Waals surface area contributed by atoms with Crippen LogP contribution in [0.5, 0.6) is 0 Å². The highest BCUT2D eigenvalue weighted by atomic mass is 32.1. The summed E-state index contributed by atoms with van der Waals surface area (Å²) in [6.07, 6.45) is 0. The molecule has 0 spiro atoms.